The van der Waals surface area contributed by atoms with Crippen LogP contribution in [0.1, 0.15) is 34.5 Å². The number of nitrogens with zero attached hydrogens (tertiary/aromatic N) is 5. The van der Waals surface area contributed by atoms with Gasteiger partial charge in [0.1, 0.15) is 6.04 Å². The fourth-order valence-corrected chi connectivity index (χ4v) is 8.41. The maximum Gasteiger partial charge on any atom is 0.357 e. The molecule has 0 aliphatic carbocycles. The van der Waals surface area contributed by atoms with Crippen LogP contribution in [0.15, 0.2) is 50.7 Å². The number of thiazole rings is 1. The van der Waals surface area contributed by atoms with Crippen molar-refractivity contribution in [1.29, 1.82) is 0 Å². The third kappa shape index (κ3) is 7.39. The van der Waals surface area contributed by atoms with Crippen molar-refractivity contribution in [3.8, 4) is 0 Å². The van der Waals surface area contributed by atoms with Crippen molar-refractivity contribution in [3.05, 3.63) is 67.5 Å². The van der Waals surface area contributed by atoms with E-state index in [9.17, 15) is 19.2 Å². The number of piperazine rings is 1. The van der Waals surface area contributed by atoms with Crippen molar-refractivity contribution >= 4 is 83.6 Å². The van der Waals surface area contributed by atoms with Crippen LogP contribution in [-0.4, -0.2) is 102 Å². The molecule has 4 heterocycles. The van der Waals surface area contributed by atoms with Crippen molar-refractivity contribution < 1.29 is 23.9 Å². The summed E-state index contributed by atoms with van der Waals surface area (Å²) in [6, 6.07) is 10.2. The normalized spacial score (nSPS) is 17.4. The first-order valence-electron chi connectivity index (χ1n) is 15.6. The highest BCUT2D eigenvalue weighted by atomic mass is 79.9. The number of nitrogens with one attached hydrogen (secondary N) is 2. The Morgan fingerprint density at radius 3 is 2.44 bits per heavy atom. The summed E-state index contributed by atoms with van der Waals surface area (Å²) in [5.41, 5.74) is 9.65. The summed E-state index contributed by atoms with van der Waals surface area (Å²) in [4.78, 5) is 64.2. The van der Waals surface area contributed by atoms with E-state index in [-0.39, 0.29) is 36.1 Å². The van der Waals surface area contributed by atoms with Crippen LogP contribution >= 0.6 is 43.2 Å². The average molecular weight is 805 g/mol. The molecule has 3 aromatic rings. The Balaban J connectivity index is 1.10. The molecule has 0 bridgehead atoms. The number of amides is 5. The highest BCUT2D eigenvalue weighted by Crippen LogP contribution is 2.31. The molecule has 0 unspecified atom stereocenters. The molecule has 2 aromatic carbocycles. The predicted molar refractivity (Wildman–Crippen MR) is 190 cm³/mol. The second-order valence-corrected chi connectivity index (χ2v) is 14.5. The summed E-state index contributed by atoms with van der Waals surface area (Å²) in [6.07, 6.45) is 1.53. The smallest absolute Gasteiger partial charge is 0.357 e. The summed E-state index contributed by atoms with van der Waals surface area (Å²) >= 11 is 8.34. The number of methoxy groups -OCH3 is 1. The number of halogens is 2. The maximum atomic E-state index is 14.0. The zero-order valence-electron chi connectivity index (χ0n) is 26.3. The van der Waals surface area contributed by atoms with Crippen molar-refractivity contribution in [2.45, 2.75) is 37.9 Å². The highest BCUT2D eigenvalue weighted by Gasteiger charge is 2.35. The molecule has 0 spiro atoms. The molecule has 4 N–H and O–H groups in total. The number of fused-ring (bicyclic) bond motifs is 1. The third-order valence-electron chi connectivity index (χ3n) is 8.98. The third-order valence-corrected chi connectivity index (χ3v) is 11.2. The summed E-state index contributed by atoms with van der Waals surface area (Å²) in [5, 5.41) is 8.37. The highest BCUT2D eigenvalue weighted by molar-refractivity contribution is 9.11. The Labute approximate surface area is 299 Å². The molecule has 6 rings (SSSR count). The molecule has 0 radical (unpaired) electrons. The van der Waals surface area contributed by atoms with Gasteiger partial charge >= 0.3 is 18.0 Å². The van der Waals surface area contributed by atoms with E-state index in [2.05, 4.69) is 47.5 Å². The largest absolute Gasteiger partial charge is 0.464 e. The predicted octanol–water partition coefficient (Wildman–Crippen LogP) is 4.52. The molecule has 3 aliphatic heterocycles. The van der Waals surface area contributed by atoms with Gasteiger partial charge in [0.2, 0.25) is 5.91 Å². The fraction of sp³-hybridized carbons (Fsp3) is 0.406. The number of nitrogens with two attached hydrogens (primary N) is 1. The van der Waals surface area contributed by atoms with Gasteiger partial charge in [0, 0.05) is 78.3 Å². The first-order chi connectivity index (χ1) is 23.1. The standard InChI is InChI=1S/C32H36Br2N8O5S/c1-47-29(44)26-18-48-32(38-26)41-12-10-39(11-13-41)28(43)25(16-19-14-22(33)27(35)23(34)15-19)37-30(45)40-8-6-21(7-9-40)42-17-20-4-2-3-5-24(20)36-31(42)46/h2-5,14-15,18,21,25H,6-13,16-17,35H2,1H3,(H,36,46)(H,37,45)/t25-/m1/s1. The van der Waals surface area contributed by atoms with Crippen molar-refractivity contribution in [2.75, 3.05) is 62.3 Å². The van der Waals surface area contributed by atoms with E-state index in [1.54, 1.807) is 15.2 Å². The topological polar surface area (TPSA) is 153 Å². The van der Waals surface area contributed by atoms with Gasteiger partial charge in [-0.1, -0.05) is 18.2 Å². The van der Waals surface area contributed by atoms with E-state index < -0.39 is 12.0 Å². The first kappa shape index (κ1) is 34.0. The van der Waals surface area contributed by atoms with Gasteiger partial charge in [-0.05, 0) is 74.0 Å². The van der Waals surface area contributed by atoms with E-state index in [0.29, 0.717) is 78.4 Å². The number of aromatic nitrogens is 1. The summed E-state index contributed by atoms with van der Waals surface area (Å²) in [7, 11) is 1.32. The van der Waals surface area contributed by atoms with Crippen LogP contribution in [0.2, 0.25) is 0 Å². The maximum absolute atomic E-state index is 14.0. The molecule has 0 saturated carbocycles. The van der Waals surface area contributed by atoms with Crippen LogP contribution < -0.4 is 21.3 Å². The van der Waals surface area contributed by atoms with Gasteiger partial charge in [0.15, 0.2) is 10.8 Å². The molecule has 2 saturated heterocycles. The number of rotatable bonds is 7. The van der Waals surface area contributed by atoms with E-state index in [1.165, 1.54) is 18.4 Å². The van der Waals surface area contributed by atoms with E-state index >= 15 is 0 Å². The molecule has 1 aromatic heterocycles. The van der Waals surface area contributed by atoms with E-state index in [0.717, 1.165) is 16.8 Å². The number of hydrogen-bond acceptors (Lipinski definition) is 9. The number of nitrogen functional groups attached to an aromatic ring is 1. The molecule has 3 aliphatic rings. The molecule has 5 amide bonds. The number of para-hydroxylation sites is 1. The molecular weight excluding hydrogens is 768 g/mol. The lowest BCUT2D eigenvalue weighted by atomic mass is 10.0. The Hall–Kier alpha value is -3.89. The number of esters is 1. The summed E-state index contributed by atoms with van der Waals surface area (Å²) in [6.45, 7) is 3.37. The lowest BCUT2D eigenvalue weighted by molar-refractivity contribution is -0.133. The number of benzene rings is 2. The lowest BCUT2D eigenvalue weighted by Gasteiger charge is -2.41. The number of hydrogen-bond donors (Lipinski definition) is 3. The minimum atomic E-state index is -0.820. The Bertz CT molecular complexity index is 1680. The zero-order valence-corrected chi connectivity index (χ0v) is 30.3. The number of anilines is 3. The number of likely N-dealkylation sites (tertiary alicyclic amines) is 1. The van der Waals surface area contributed by atoms with Crippen LogP contribution in [0.25, 0.3) is 0 Å². The summed E-state index contributed by atoms with van der Waals surface area (Å²) in [5.74, 6) is -0.669. The van der Waals surface area contributed by atoms with Crippen LogP contribution in [-0.2, 0) is 22.5 Å². The van der Waals surface area contributed by atoms with Gasteiger partial charge in [-0.25, -0.2) is 19.4 Å². The number of carbonyl (C=O) groups is 4. The number of piperidine rings is 1. The van der Waals surface area contributed by atoms with E-state index in [4.69, 9.17) is 10.5 Å². The van der Waals surface area contributed by atoms with Crippen LogP contribution in [0.3, 0.4) is 0 Å². The van der Waals surface area contributed by atoms with Gasteiger partial charge in [0.25, 0.3) is 0 Å². The molecule has 1 atom stereocenters. The lowest BCUT2D eigenvalue weighted by Crippen LogP contribution is -2.58. The molecule has 254 valence electrons. The average Bonchev–Trinajstić information content (AvgIpc) is 3.60. The van der Waals surface area contributed by atoms with Crippen LogP contribution in [0, 0.1) is 0 Å². The molecule has 16 heteroatoms. The van der Waals surface area contributed by atoms with Crippen LogP contribution in [0.4, 0.5) is 26.1 Å². The number of carbonyl (C=O) groups excluding carboxylic acids is 4. The van der Waals surface area contributed by atoms with Gasteiger partial charge in [-0.2, -0.15) is 0 Å². The zero-order chi connectivity index (χ0) is 33.9. The van der Waals surface area contributed by atoms with E-state index in [1.807, 2.05) is 46.2 Å². The SMILES string of the molecule is COC(=O)c1csc(N2CCN(C(=O)[C@@H](Cc3cc(Br)c(N)c(Br)c3)NC(=O)N3CCC(N4Cc5ccccc5NC4=O)CC3)CC2)n1. The minimum Gasteiger partial charge on any atom is -0.464 e. The molecule has 48 heavy (non-hydrogen) atoms. The first-order valence-corrected chi connectivity index (χ1v) is 18.1. The molecular formula is C32H36Br2N8O5S. The summed E-state index contributed by atoms with van der Waals surface area (Å²) < 4.78 is 6.16. The fourth-order valence-electron chi connectivity index (χ4n) is 6.28. The molecule has 13 nitrogen and oxygen atoms in total. The monoisotopic (exact) mass is 802 g/mol. The van der Waals surface area contributed by atoms with Gasteiger partial charge < -0.3 is 40.7 Å². The second kappa shape index (κ2) is 14.7. The van der Waals surface area contributed by atoms with Crippen molar-refractivity contribution in [1.82, 2.24) is 25.0 Å². The van der Waals surface area contributed by atoms with Crippen LogP contribution in [0.5, 0.6) is 0 Å². The minimum absolute atomic E-state index is 0.00198. The van der Waals surface area contributed by atoms with Gasteiger partial charge in [0.05, 0.1) is 12.8 Å². The Morgan fingerprint density at radius 1 is 1.06 bits per heavy atom. The van der Waals surface area contributed by atoms with Crippen molar-refractivity contribution in [3.63, 3.8) is 0 Å². The van der Waals surface area contributed by atoms with Gasteiger partial charge in [-0.15, -0.1) is 11.3 Å². The quantitative estimate of drug-likeness (QED) is 0.233. The van der Waals surface area contributed by atoms with Gasteiger partial charge in [-0.3, -0.25) is 4.79 Å². The second-order valence-electron chi connectivity index (χ2n) is 11.9. The Kier molecular flexibility index (Phi) is 10.4. The number of ether oxygens (including phenoxy) is 1. The Morgan fingerprint density at radius 2 is 1.75 bits per heavy atom. The number of urea groups is 2. The molecule has 2 fully saturated rings. The van der Waals surface area contributed by atoms with Crippen molar-refractivity contribution in [2.24, 2.45) is 0 Å².